The first kappa shape index (κ1) is 17.4. The highest BCUT2D eigenvalue weighted by atomic mass is 16.2. The summed E-state index contributed by atoms with van der Waals surface area (Å²) in [5.41, 5.74) is 5.82. The summed E-state index contributed by atoms with van der Waals surface area (Å²) in [6.45, 7) is 12.4. The van der Waals surface area contributed by atoms with Gasteiger partial charge in [0.2, 0.25) is 5.91 Å². The molecule has 0 radical (unpaired) electrons. The van der Waals surface area contributed by atoms with Crippen LogP contribution in [0.1, 0.15) is 53.4 Å². The summed E-state index contributed by atoms with van der Waals surface area (Å²) in [5.74, 6) is 0.434. The van der Waals surface area contributed by atoms with E-state index in [-0.39, 0.29) is 5.92 Å². The molecule has 1 rings (SSSR count). The normalized spacial score (nSPS) is 18.9. The zero-order valence-electron chi connectivity index (χ0n) is 13.8. The number of carbonyl (C=O) groups is 1. The van der Waals surface area contributed by atoms with Crippen molar-refractivity contribution in [2.75, 3.05) is 26.2 Å². The lowest BCUT2D eigenvalue weighted by atomic mass is 10.0. The summed E-state index contributed by atoms with van der Waals surface area (Å²) in [5, 5.41) is 0. The zero-order valence-corrected chi connectivity index (χ0v) is 13.8. The minimum Gasteiger partial charge on any atom is -0.342 e. The summed E-state index contributed by atoms with van der Waals surface area (Å²) in [4.78, 5) is 16.6. The van der Waals surface area contributed by atoms with Crippen molar-refractivity contribution < 1.29 is 4.79 Å². The van der Waals surface area contributed by atoms with Gasteiger partial charge in [-0.15, -0.1) is 0 Å². The first-order chi connectivity index (χ1) is 9.45. The van der Waals surface area contributed by atoms with Crippen molar-refractivity contribution in [3.8, 4) is 0 Å². The van der Waals surface area contributed by atoms with Crippen molar-refractivity contribution in [1.29, 1.82) is 0 Å². The van der Waals surface area contributed by atoms with E-state index in [9.17, 15) is 4.79 Å². The predicted octanol–water partition coefficient (Wildman–Crippen LogP) is 2.08. The molecule has 0 aromatic rings. The molecule has 2 N–H and O–H groups in total. The topological polar surface area (TPSA) is 49.6 Å². The molecule has 118 valence electrons. The lowest BCUT2D eigenvalue weighted by Gasteiger charge is -2.38. The third-order valence-electron chi connectivity index (χ3n) is 4.30. The van der Waals surface area contributed by atoms with Crippen LogP contribution >= 0.6 is 0 Å². The minimum atomic E-state index is 0.125. The Morgan fingerprint density at radius 2 is 1.90 bits per heavy atom. The molecular formula is C16H33N3O. The van der Waals surface area contributed by atoms with E-state index in [2.05, 4.69) is 18.7 Å². The van der Waals surface area contributed by atoms with E-state index < -0.39 is 0 Å². The van der Waals surface area contributed by atoms with Gasteiger partial charge in [0.15, 0.2) is 0 Å². The summed E-state index contributed by atoms with van der Waals surface area (Å²) in [7, 11) is 0. The van der Waals surface area contributed by atoms with Gasteiger partial charge in [-0.1, -0.05) is 20.8 Å². The molecule has 0 aromatic carbocycles. The smallest absolute Gasteiger partial charge is 0.225 e. The Labute approximate surface area is 124 Å². The van der Waals surface area contributed by atoms with Gasteiger partial charge in [0.1, 0.15) is 0 Å². The lowest BCUT2D eigenvalue weighted by Crippen LogP contribution is -2.48. The number of likely N-dealkylation sites (tertiary alicyclic amines) is 1. The van der Waals surface area contributed by atoms with E-state index in [0.717, 1.165) is 45.4 Å². The van der Waals surface area contributed by atoms with Gasteiger partial charge in [0, 0.05) is 31.1 Å². The molecule has 0 aromatic heterocycles. The van der Waals surface area contributed by atoms with Crippen LogP contribution in [0, 0.1) is 5.92 Å². The van der Waals surface area contributed by atoms with Gasteiger partial charge in [-0.05, 0) is 45.7 Å². The van der Waals surface area contributed by atoms with E-state index in [1.165, 1.54) is 6.42 Å². The Morgan fingerprint density at radius 3 is 2.35 bits per heavy atom. The fraction of sp³-hybridized carbons (Fsp3) is 0.938. The number of amides is 1. The van der Waals surface area contributed by atoms with Gasteiger partial charge < -0.3 is 15.5 Å². The fourth-order valence-electron chi connectivity index (χ4n) is 3.03. The molecule has 0 bridgehead atoms. The number of carbonyl (C=O) groups excluding carboxylic acids is 1. The van der Waals surface area contributed by atoms with Gasteiger partial charge in [0.05, 0.1) is 0 Å². The maximum atomic E-state index is 12.0. The van der Waals surface area contributed by atoms with Gasteiger partial charge in [-0.25, -0.2) is 0 Å². The van der Waals surface area contributed by atoms with Gasteiger partial charge in [0.25, 0.3) is 0 Å². The first-order valence-electron chi connectivity index (χ1n) is 8.24. The standard InChI is InChI=1S/C16H33N3O/c1-5-18(10-6-7-14(4)17)15-8-11-19(12-9-15)16(20)13(2)3/h13-15H,5-12,17H2,1-4H3. The van der Waals surface area contributed by atoms with Crippen molar-refractivity contribution in [2.24, 2.45) is 11.7 Å². The van der Waals surface area contributed by atoms with Gasteiger partial charge in [-0.2, -0.15) is 0 Å². The summed E-state index contributed by atoms with van der Waals surface area (Å²) in [6.07, 6.45) is 4.51. The molecule has 4 nitrogen and oxygen atoms in total. The number of piperidine rings is 1. The van der Waals surface area contributed by atoms with Crippen LogP contribution in [0.3, 0.4) is 0 Å². The molecule has 4 heteroatoms. The Morgan fingerprint density at radius 1 is 1.30 bits per heavy atom. The van der Waals surface area contributed by atoms with Gasteiger partial charge in [-0.3, -0.25) is 4.79 Å². The van der Waals surface area contributed by atoms with Crippen LogP contribution in [0.25, 0.3) is 0 Å². The van der Waals surface area contributed by atoms with Crippen molar-refractivity contribution >= 4 is 5.91 Å². The van der Waals surface area contributed by atoms with Crippen LogP contribution < -0.4 is 5.73 Å². The monoisotopic (exact) mass is 283 g/mol. The summed E-state index contributed by atoms with van der Waals surface area (Å²) < 4.78 is 0. The fourth-order valence-corrected chi connectivity index (χ4v) is 3.03. The van der Waals surface area contributed by atoms with Crippen LogP contribution in [-0.2, 0) is 4.79 Å². The SMILES string of the molecule is CCN(CCCC(C)N)C1CCN(C(=O)C(C)C)CC1. The number of nitrogens with zero attached hydrogens (tertiary/aromatic N) is 2. The van der Waals surface area contributed by atoms with E-state index in [1.807, 2.05) is 18.7 Å². The average molecular weight is 283 g/mol. The molecule has 0 spiro atoms. The minimum absolute atomic E-state index is 0.125. The van der Waals surface area contributed by atoms with Crippen LogP contribution in [0.5, 0.6) is 0 Å². The molecule has 1 atom stereocenters. The Balaban J connectivity index is 2.36. The summed E-state index contributed by atoms with van der Waals surface area (Å²) in [6, 6.07) is 0.948. The maximum absolute atomic E-state index is 12.0. The van der Waals surface area contributed by atoms with Crippen molar-refractivity contribution in [2.45, 2.75) is 65.5 Å². The third kappa shape index (κ3) is 5.41. The highest BCUT2D eigenvalue weighted by Gasteiger charge is 2.26. The van der Waals surface area contributed by atoms with Gasteiger partial charge >= 0.3 is 0 Å². The molecule has 1 aliphatic rings. The molecule has 1 aliphatic heterocycles. The van der Waals surface area contributed by atoms with Crippen LogP contribution in [0.4, 0.5) is 0 Å². The Kier molecular flexibility index (Phi) is 7.52. The molecule has 1 amide bonds. The molecule has 1 unspecified atom stereocenters. The quantitative estimate of drug-likeness (QED) is 0.778. The van der Waals surface area contributed by atoms with Crippen LogP contribution in [-0.4, -0.2) is 54.0 Å². The van der Waals surface area contributed by atoms with E-state index >= 15 is 0 Å². The van der Waals surface area contributed by atoms with E-state index in [0.29, 0.717) is 18.0 Å². The molecule has 20 heavy (non-hydrogen) atoms. The Bertz CT molecular complexity index is 283. The largest absolute Gasteiger partial charge is 0.342 e. The molecule has 1 fully saturated rings. The predicted molar refractivity (Wildman–Crippen MR) is 84.6 cm³/mol. The van der Waals surface area contributed by atoms with E-state index in [1.54, 1.807) is 0 Å². The number of hydrogen-bond acceptors (Lipinski definition) is 3. The third-order valence-corrected chi connectivity index (χ3v) is 4.30. The van der Waals surface area contributed by atoms with Crippen molar-refractivity contribution in [3.63, 3.8) is 0 Å². The van der Waals surface area contributed by atoms with Crippen LogP contribution in [0.2, 0.25) is 0 Å². The first-order valence-corrected chi connectivity index (χ1v) is 8.24. The zero-order chi connectivity index (χ0) is 15.1. The molecule has 0 saturated carbocycles. The number of rotatable bonds is 7. The second kappa shape index (κ2) is 8.63. The maximum Gasteiger partial charge on any atom is 0.225 e. The summed E-state index contributed by atoms with van der Waals surface area (Å²) >= 11 is 0. The molecule has 1 heterocycles. The average Bonchev–Trinajstić information content (AvgIpc) is 2.42. The van der Waals surface area contributed by atoms with Crippen molar-refractivity contribution in [3.05, 3.63) is 0 Å². The van der Waals surface area contributed by atoms with Crippen LogP contribution in [0.15, 0.2) is 0 Å². The number of hydrogen-bond donors (Lipinski definition) is 1. The van der Waals surface area contributed by atoms with E-state index in [4.69, 9.17) is 5.73 Å². The second-order valence-electron chi connectivity index (χ2n) is 6.46. The number of nitrogens with two attached hydrogens (primary N) is 1. The molecule has 1 saturated heterocycles. The highest BCUT2D eigenvalue weighted by molar-refractivity contribution is 5.78. The molecular weight excluding hydrogens is 250 g/mol. The lowest BCUT2D eigenvalue weighted by molar-refractivity contribution is -0.136. The van der Waals surface area contributed by atoms with Crippen molar-refractivity contribution in [1.82, 2.24) is 9.80 Å². The second-order valence-corrected chi connectivity index (χ2v) is 6.46. The molecule has 0 aliphatic carbocycles. The highest BCUT2D eigenvalue weighted by Crippen LogP contribution is 2.18. The Hall–Kier alpha value is -0.610.